The SMILES string of the molecule is O=C1C[C@H](n2cccn2)[C@@H]2CC[C@H](O)[C@H]1[C@@H]2Sc1ccccc1. The van der Waals surface area contributed by atoms with Crippen molar-refractivity contribution in [2.45, 2.75) is 41.6 Å². The van der Waals surface area contributed by atoms with E-state index in [-0.39, 0.29) is 23.0 Å². The van der Waals surface area contributed by atoms with Crippen molar-refractivity contribution in [2.75, 3.05) is 0 Å². The standard InChI is InChI=1S/C18H20N2O2S/c21-15-8-7-13-14(20-10-4-9-19-20)11-16(22)17(15)18(13)23-12-5-2-1-3-6-12/h1-6,9-10,13-15,17-18,21H,7-8,11H2/t13-,14-,15-,17+,18+/m0/s1. The van der Waals surface area contributed by atoms with E-state index in [9.17, 15) is 9.90 Å². The molecule has 2 fully saturated rings. The first-order valence-corrected chi connectivity index (χ1v) is 9.03. The molecule has 0 unspecified atom stereocenters. The van der Waals surface area contributed by atoms with Crippen molar-refractivity contribution in [1.82, 2.24) is 9.78 Å². The Balaban J connectivity index is 1.67. The zero-order valence-electron chi connectivity index (χ0n) is 12.8. The van der Waals surface area contributed by atoms with Gasteiger partial charge in [0.05, 0.1) is 18.1 Å². The van der Waals surface area contributed by atoms with E-state index < -0.39 is 6.10 Å². The molecule has 4 rings (SSSR count). The molecule has 2 bridgehead atoms. The molecule has 1 N–H and O–H groups in total. The largest absolute Gasteiger partial charge is 0.392 e. The number of fused-ring (bicyclic) bond motifs is 2. The van der Waals surface area contributed by atoms with Crippen LogP contribution in [0.1, 0.15) is 25.3 Å². The fourth-order valence-corrected chi connectivity index (χ4v) is 5.68. The number of thioether (sulfide) groups is 1. The summed E-state index contributed by atoms with van der Waals surface area (Å²) in [5.74, 6) is 0.305. The van der Waals surface area contributed by atoms with Crippen molar-refractivity contribution < 1.29 is 9.90 Å². The maximum Gasteiger partial charge on any atom is 0.141 e. The number of Topliss-reactive ketones (excluding diaryl/α,β-unsaturated/α-hetero) is 1. The number of carbonyl (C=O) groups excluding carboxylic acids is 1. The second kappa shape index (κ2) is 6.13. The molecular weight excluding hydrogens is 308 g/mol. The lowest BCUT2D eigenvalue weighted by Crippen LogP contribution is -2.52. The number of carbonyl (C=O) groups is 1. The van der Waals surface area contributed by atoms with Crippen LogP contribution in [0.4, 0.5) is 0 Å². The molecule has 1 heterocycles. The van der Waals surface area contributed by atoms with Gasteiger partial charge in [0.15, 0.2) is 0 Å². The average Bonchev–Trinajstić information content (AvgIpc) is 3.08. The Kier molecular flexibility index (Phi) is 3.99. The van der Waals surface area contributed by atoms with Gasteiger partial charge in [-0.1, -0.05) is 18.2 Å². The molecule has 1 aromatic carbocycles. The molecule has 0 radical (unpaired) electrons. The Hall–Kier alpha value is -1.59. The number of benzene rings is 1. The number of hydrogen-bond acceptors (Lipinski definition) is 4. The van der Waals surface area contributed by atoms with Crippen LogP contribution in [0.5, 0.6) is 0 Å². The lowest BCUT2D eigenvalue weighted by Gasteiger charge is -2.47. The number of rotatable bonds is 3. The van der Waals surface area contributed by atoms with Gasteiger partial charge in [-0.05, 0) is 37.0 Å². The van der Waals surface area contributed by atoms with E-state index in [0.29, 0.717) is 18.8 Å². The Morgan fingerprint density at radius 2 is 2.00 bits per heavy atom. The van der Waals surface area contributed by atoms with Gasteiger partial charge in [-0.25, -0.2) is 0 Å². The smallest absolute Gasteiger partial charge is 0.141 e. The van der Waals surface area contributed by atoms with Crippen LogP contribution in [0.25, 0.3) is 0 Å². The first-order valence-electron chi connectivity index (χ1n) is 8.15. The maximum atomic E-state index is 12.7. The molecule has 120 valence electrons. The summed E-state index contributed by atoms with van der Waals surface area (Å²) in [5.41, 5.74) is 0. The lowest BCUT2D eigenvalue weighted by atomic mass is 9.67. The van der Waals surface area contributed by atoms with Crippen LogP contribution < -0.4 is 0 Å². The molecule has 0 spiro atoms. The number of aliphatic hydroxyl groups excluding tert-OH is 1. The quantitative estimate of drug-likeness (QED) is 0.941. The average molecular weight is 328 g/mol. The molecule has 0 saturated heterocycles. The molecule has 2 aliphatic carbocycles. The minimum atomic E-state index is -0.501. The van der Waals surface area contributed by atoms with Gasteiger partial charge in [0.1, 0.15) is 5.78 Å². The third kappa shape index (κ3) is 2.72. The van der Waals surface area contributed by atoms with Gasteiger partial charge >= 0.3 is 0 Å². The van der Waals surface area contributed by atoms with Crippen molar-refractivity contribution in [3.8, 4) is 0 Å². The first-order chi connectivity index (χ1) is 11.2. The Morgan fingerprint density at radius 1 is 1.17 bits per heavy atom. The molecule has 2 aromatic rings. The maximum absolute atomic E-state index is 12.7. The van der Waals surface area contributed by atoms with Gasteiger partial charge in [0, 0.05) is 29.0 Å². The highest BCUT2D eigenvalue weighted by Crippen LogP contribution is 2.50. The number of aliphatic hydroxyl groups is 1. The van der Waals surface area contributed by atoms with E-state index in [1.807, 2.05) is 35.1 Å². The van der Waals surface area contributed by atoms with Crippen molar-refractivity contribution in [3.05, 3.63) is 48.8 Å². The normalized spacial score (nSPS) is 33.6. The van der Waals surface area contributed by atoms with Gasteiger partial charge in [0.25, 0.3) is 0 Å². The summed E-state index contributed by atoms with van der Waals surface area (Å²) in [4.78, 5) is 13.9. The van der Waals surface area contributed by atoms with Crippen LogP contribution in [0.15, 0.2) is 53.7 Å². The fourth-order valence-electron chi connectivity index (χ4n) is 4.08. The Labute approximate surface area is 139 Å². The van der Waals surface area contributed by atoms with Crippen molar-refractivity contribution in [1.29, 1.82) is 0 Å². The highest BCUT2D eigenvalue weighted by molar-refractivity contribution is 8.00. The van der Waals surface area contributed by atoms with Crippen LogP contribution in [0.2, 0.25) is 0 Å². The van der Waals surface area contributed by atoms with Crippen molar-refractivity contribution in [2.24, 2.45) is 11.8 Å². The number of ketones is 1. The minimum Gasteiger partial charge on any atom is -0.392 e. The first kappa shape index (κ1) is 15.0. The highest BCUT2D eigenvalue weighted by Gasteiger charge is 2.51. The van der Waals surface area contributed by atoms with Crippen LogP contribution in [0.3, 0.4) is 0 Å². The number of hydrogen-bond donors (Lipinski definition) is 1. The van der Waals surface area contributed by atoms with Gasteiger partial charge < -0.3 is 5.11 Å². The molecule has 2 saturated carbocycles. The second-order valence-electron chi connectivity index (χ2n) is 6.45. The topological polar surface area (TPSA) is 55.1 Å². The van der Waals surface area contributed by atoms with E-state index in [1.165, 1.54) is 0 Å². The minimum absolute atomic E-state index is 0.113. The van der Waals surface area contributed by atoms with Crippen LogP contribution in [-0.2, 0) is 4.79 Å². The third-order valence-corrected chi connectivity index (χ3v) is 6.60. The number of aromatic nitrogens is 2. The van der Waals surface area contributed by atoms with Gasteiger partial charge in [-0.3, -0.25) is 9.48 Å². The Bertz CT molecular complexity index is 674. The van der Waals surface area contributed by atoms with E-state index in [4.69, 9.17) is 0 Å². The van der Waals surface area contributed by atoms with Gasteiger partial charge in [-0.15, -0.1) is 11.8 Å². The summed E-state index contributed by atoms with van der Waals surface area (Å²) >= 11 is 1.74. The Morgan fingerprint density at radius 3 is 2.74 bits per heavy atom. The van der Waals surface area contributed by atoms with Crippen molar-refractivity contribution >= 4 is 17.5 Å². The van der Waals surface area contributed by atoms with E-state index >= 15 is 0 Å². The van der Waals surface area contributed by atoms with E-state index in [1.54, 1.807) is 18.0 Å². The molecule has 2 aliphatic rings. The molecule has 5 heteroatoms. The van der Waals surface area contributed by atoms with Gasteiger partial charge in [0.2, 0.25) is 0 Å². The predicted molar refractivity (Wildman–Crippen MR) is 89.2 cm³/mol. The molecule has 4 nitrogen and oxygen atoms in total. The summed E-state index contributed by atoms with van der Waals surface area (Å²) in [7, 11) is 0. The van der Waals surface area contributed by atoms with Crippen LogP contribution in [-0.4, -0.2) is 32.0 Å². The predicted octanol–water partition coefficient (Wildman–Crippen LogP) is 2.95. The third-order valence-electron chi connectivity index (χ3n) is 5.14. The zero-order valence-corrected chi connectivity index (χ0v) is 13.6. The molecule has 0 amide bonds. The highest BCUT2D eigenvalue weighted by atomic mass is 32.2. The molecule has 23 heavy (non-hydrogen) atoms. The molecule has 1 aromatic heterocycles. The fraction of sp³-hybridized carbons (Fsp3) is 0.444. The van der Waals surface area contributed by atoms with Crippen LogP contribution in [0, 0.1) is 11.8 Å². The second-order valence-corrected chi connectivity index (χ2v) is 7.71. The van der Waals surface area contributed by atoms with Gasteiger partial charge in [-0.2, -0.15) is 5.10 Å². The molecular formula is C18H20N2O2S. The van der Waals surface area contributed by atoms with E-state index in [2.05, 4.69) is 17.2 Å². The van der Waals surface area contributed by atoms with Crippen LogP contribution >= 0.6 is 11.8 Å². The van der Waals surface area contributed by atoms with Crippen molar-refractivity contribution in [3.63, 3.8) is 0 Å². The summed E-state index contributed by atoms with van der Waals surface area (Å²) in [5, 5.41) is 14.9. The summed E-state index contributed by atoms with van der Waals surface area (Å²) in [6.07, 6.45) is 5.37. The monoisotopic (exact) mass is 328 g/mol. The molecule has 0 aliphatic heterocycles. The summed E-state index contributed by atoms with van der Waals surface area (Å²) < 4.78 is 1.94. The summed E-state index contributed by atoms with van der Waals surface area (Å²) in [6.45, 7) is 0. The number of nitrogens with zero attached hydrogens (tertiary/aromatic N) is 2. The lowest BCUT2D eigenvalue weighted by molar-refractivity contribution is -0.134. The summed E-state index contributed by atoms with van der Waals surface area (Å²) in [6, 6.07) is 12.2. The zero-order chi connectivity index (χ0) is 15.8. The molecule has 5 atom stereocenters. The van der Waals surface area contributed by atoms with E-state index in [0.717, 1.165) is 11.3 Å².